The van der Waals surface area contributed by atoms with Crippen LogP contribution in [-0.2, 0) is 9.59 Å². The van der Waals surface area contributed by atoms with Crippen LogP contribution in [0.25, 0.3) is 0 Å². The quantitative estimate of drug-likeness (QED) is 0.809. The molecule has 1 aromatic carbocycles. The third kappa shape index (κ3) is 3.04. The van der Waals surface area contributed by atoms with Crippen molar-refractivity contribution in [3.63, 3.8) is 0 Å². The number of nitrogens with zero attached hydrogens (tertiary/aromatic N) is 3. The van der Waals surface area contributed by atoms with E-state index in [1.54, 1.807) is 0 Å². The fourth-order valence-corrected chi connectivity index (χ4v) is 5.85. The van der Waals surface area contributed by atoms with Gasteiger partial charge in [-0.3, -0.25) is 14.5 Å². The largest absolute Gasteiger partial charge is 0.342 e. The van der Waals surface area contributed by atoms with Crippen LogP contribution < -0.4 is 0 Å². The number of likely N-dealkylation sites (tertiary alicyclic amines) is 1. The molecule has 1 aliphatic carbocycles. The van der Waals surface area contributed by atoms with Crippen molar-refractivity contribution in [3.05, 3.63) is 35.9 Å². The maximum atomic E-state index is 13.7. The first kappa shape index (κ1) is 18.2. The van der Waals surface area contributed by atoms with Gasteiger partial charge in [0.05, 0.1) is 18.5 Å². The number of carbonyl (C=O) groups excluding carboxylic acids is 2. The zero-order chi connectivity index (χ0) is 19.3. The second-order valence-corrected chi connectivity index (χ2v) is 9.34. The topological polar surface area (TPSA) is 43.9 Å². The summed E-state index contributed by atoms with van der Waals surface area (Å²) >= 11 is 0. The van der Waals surface area contributed by atoms with Gasteiger partial charge in [-0.25, -0.2) is 0 Å². The average Bonchev–Trinajstić information content (AvgIpc) is 3.34. The van der Waals surface area contributed by atoms with Crippen molar-refractivity contribution in [2.45, 2.75) is 51.1 Å². The number of benzene rings is 1. The molecule has 3 saturated heterocycles. The Morgan fingerprint density at radius 2 is 1.96 bits per heavy atom. The Balaban J connectivity index is 1.45. The average molecular weight is 382 g/mol. The van der Waals surface area contributed by atoms with Gasteiger partial charge in [-0.15, -0.1) is 0 Å². The molecule has 0 radical (unpaired) electrons. The number of amides is 2. The maximum absolute atomic E-state index is 13.7. The smallest absolute Gasteiger partial charge is 0.237 e. The fraction of sp³-hybridized carbons (Fsp3) is 0.652. The number of piperidine rings is 1. The molecule has 1 saturated carbocycles. The monoisotopic (exact) mass is 381 g/mol. The molecule has 0 aromatic heterocycles. The minimum absolute atomic E-state index is 0.109. The highest BCUT2D eigenvalue weighted by Crippen LogP contribution is 2.53. The summed E-state index contributed by atoms with van der Waals surface area (Å²) in [4.78, 5) is 33.1. The summed E-state index contributed by atoms with van der Waals surface area (Å²) in [5, 5.41) is 0. The van der Waals surface area contributed by atoms with E-state index in [0.29, 0.717) is 12.0 Å². The number of likely N-dealkylation sites (N-methyl/N-ethyl adjacent to an activating group) is 1. The summed E-state index contributed by atoms with van der Waals surface area (Å²) in [5.74, 6) is 0.353. The van der Waals surface area contributed by atoms with E-state index in [1.165, 1.54) is 19.3 Å². The van der Waals surface area contributed by atoms with Crippen LogP contribution >= 0.6 is 0 Å². The molecule has 28 heavy (non-hydrogen) atoms. The third-order valence-corrected chi connectivity index (χ3v) is 7.55. The van der Waals surface area contributed by atoms with Crippen LogP contribution in [0.4, 0.5) is 0 Å². The molecule has 5 nitrogen and oxygen atoms in total. The lowest BCUT2D eigenvalue weighted by atomic mass is 9.89. The Bertz CT molecular complexity index is 760. The van der Waals surface area contributed by atoms with E-state index in [1.807, 2.05) is 18.2 Å². The number of hydrogen-bond donors (Lipinski definition) is 0. The van der Waals surface area contributed by atoms with E-state index in [0.717, 1.165) is 44.6 Å². The molecule has 2 amide bonds. The highest BCUT2D eigenvalue weighted by atomic mass is 16.2. The number of rotatable bonds is 3. The molecular weight excluding hydrogens is 350 g/mol. The summed E-state index contributed by atoms with van der Waals surface area (Å²) in [5.41, 5.74) is 1.54. The molecule has 5 heteroatoms. The van der Waals surface area contributed by atoms with Crippen LogP contribution in [0, 0.1) is 11.3 Å². The van der Waals surface area contributed by atoms with Crippen molar-refractivity contribution < 1.29 is 9.59 Å². The first-order valence-corrected chi connectivity index (χ1v) is 11.0. The summed E-state index contributed by atoms with van der Waals surface area (Å²) in [6, 6.07) is 10.3. The van der Waals surface area contributed by atoms with Crippen LogP contribution in [0.5, 0.6) is 0 Å². The van der Waals surface area contributed by atoms with Crippen molar-refractivity contribution in [2.75, 3.05) is 32.7 Å². The second-order valence-electron chi connectivity index (χ2n) is 9.34. The van der Waals surface area contributed by atoms with Crippen molar-refractivity contribution in [3.8, 4) is 0 Å². The van der Waals surface area contributed by atoms with Crippen molar-refractivity contribution in [2.24, 2.45) is 11.3 Å². The molecule has 150 valence electrons. The molecule has 0 N–H and O–H groups in total. The normalized spacial score (nSPS) is 31.9. The van der Waals surface area contributed by atoms with E-state index >= 15 is 0 Å². The lowest BCUT2D eigenvalue weighted by Gasteiger charge is -2.40. The molecular formula is C23H31N3O2. The standard InChI is InChI=1S/C23H31N3O2/c1-2-24-14-18-13-19(22(28)25-12-6-9-23(16-25)10-11-23)21(26(18)20(27)15-24)17-7-4-3-5-8-17/h3-5,7-8,18-19,21H,2,6,9-16H2,1H3/t18-,19-,21-/m1/s1. The third-order valence-electron chi connectivity index (χ3n) is 7.55. The lowest BCUT2D eigenvalue weighted by molar-refractivity contribution is -0.142. The molecule has 4 aliphatic rings. The van der Waals surface area contributed by atoms with Crippen LogP contribution in [0.2, 0.25) is 0 Å². The van der Waals surface area contributed by atoms with E-state index in [4.69, 9.17) is 0 Å². The molecule has 0 bridgehead atoms. The highest BCUT2D eigenvalue weighted by Gasteiger charge is 2.53. The zero-order valence-corrected chi connectivity index (χ0v) is 16.8. The first-order valence-electron chi connectivity index (χ1n) is 11.0. The summed E-state index contributed by atoms with van der Waals surface area (Å²) in [6.07, 6.45) is 5.76. The Kier molecular flexibility index (Phi) is 4.46. The van der Waals surface area contributed by atoms with Crippen LogP contribution in [0.1, 0.15) is 50.6 Å². The van der Waals surface area contributed by atoms with E-state index in [2.05, 4.69) is 33.8 Å². The minimum Gasteiger partial charge on any atom is -0.342 e. The number of carbonyl (C=O) groups is 2. The maximum Gasteiger partial charge on any atom is 0.237 e. The highest BCUT2D eigenvalue weighted by molar-refractivity contribution is 5.85. The van der Waals surface area contributed by atoms with Crippen LogP contribution in [-0.4, -0.2) is 65.3 Å². The molecule has 0 unspecified atom stereocenters. The molecule has 1 aromatic rings. The molecule has 3 aliphatic heterocycles. The predicted octanol–water partition coefficient (Wildman–Crippen LogP) is 2.68. The van der Waals surface area contributed by atoms with Crippen LogP contribution in [0.15, 0.2) is 30.3 Å². The fourth-order valence-electron chi connectivity index (χ4n) is 5.85. The molecule has 1 spiro atoms. The van der Waals surface area contributed by atoms with Gasteiger partial charge >= 0.3 is 0 Å². The lowest BCUT2D eigenvalue weighted by Crippen LogP contribution is -2.54. The van der Waals surface area contributed by atoms with Gasteiger partial charge in [0.1, 0.15) is 0 Å². The van der Waals surface area contributed by atoms with Gasteiger partial charge in [-0.1, -0.05) is 37.3 Å². The summed E-state index contributed by atoms with van der Waals surface area (Å²) < 4.78 is 0. The van der Waals surface area contributed by atoms with Crippen LogP contribution in [0.3, 0.4) is 0 Å². The van der Waals surface area contributed by atoms with Gasteiger partial charge in [0.2, 0.25) is 11.8 Å². The van der Waals surface area contributed by atoms with Gasteiger partial charge in [-0.05, 0) is 49.6 Å². The van der Waals surface area contributed by atoms with Gasteiger partial charge in [-0.2, -0.15) is 0 Å². The Morgan fingerprint density at radius 3 is 2.68 bits per heavy atom. The number of hydrogen-bond acceptors (Lipinski definition) is 3. The molecule has 3 atom stereocenters. The van der Waals surface area contributed by atoms with E-state index < -0.39 is 0 Å². The minimum atomic E-state index is -0.109. The number of fused-ring (bicyclic) bond motifs is 1. The Morgan fingerprint density at radius 1 is 1.18 bits per heavy atom. The predicted molar refractivity (Wildman–Crippen MR) is 108 cm³/mol. The van der Waals surface area contributed by atoms with Gasteiger partial charge in [0.15, 0.2) is 0 Å². The van der Waals surface area contributed by atoms with E-state index in [-0.39, 0.29) is 29.8 Å². The van der Waals surface area contributed by atoms with E-state index in [9.17, 15) is 9.59 Å². The molecule has 5 rings (SSSR count). The zero-order valence-electron chi connectivity index (χ0n) is 16.8. The van der Waals surface area contributed by atoms with Gasteiger partial charge in [0, 0.05) is 25.7 Å². The summed E-state index contributed by atoms with van der Waals surface area (Å²) in [7, 11) is 0. The van der Waals surface area contributed by atoms with Gasteiger partial charge in [0.25, 0.3) is 0 Å². The second kappa shape index (κ2) is 6.87. The number of piperazine rings is 1. The SMILES string of the molecule is CCN1CC(=O)N2[C@H](C[C@@H](C(=O)N3CCCC4(CC4)C3)[C@H]2c2ccccc2)C1. The Labute approximate surface area is 167 Å². The molecule has 4 fully saturated rings. The van der Waals surface area contributed by atoms with Crippen molar-refractivity contribution in [1.29, 1.82) is 0 Å². The van der Waals surface area contributed by atoms with Crippen molar-refractivity contribution in [1.82, 2.24) is 14.7 Å². The molecule has 3 heterocycles. The van der Waals surface area contributed by atoms with Crippen molar-refractivity contribution >= 4 is 11.8 Å². The van der Waals surface area contributed by atoms with Gasteiger partial charge < -0.3 is 9.80 Å². The Hall–Kier alpha value is -1.88. The first-order chi connectivity index (χ1) is 13.6. The summed E-state index contributed by atoms with van der Waals surface area (Å²) in [6.45, 7) is 6.18.